The second-order valence-corrected chi connectivity index (χ2v) is 5.37. The smallest absolute Gasteiger partial charge is 0.272 e. The molecule has 0 unspecified atom stereocenters. The molecule has 4 N–H and O–H groups in total. The molecule has 1 aromatic heterocycles. The Morgan fingerprint density at radius 1 is 1.19 bits per heavy atom. The molecule has 0 aliphatic carbocycles. The predicted molar refractivity (Wildman–Crippen MR) is 86.9 cm³/mol. The number of hydrogen-bond acceptors (Lipinski definition) is 2. The number of fused-ring (bicyclic) bond motifs is 1. The first kappa shape index (κ1) is 13.5. The molecule has 21 heavy (non-hydrogen) atoms. The topological polar surface area (TPSA) is 70.9 Å². The monoisotopic (exact) mass is 299 g/mol. The Labute approximate surface area is 126 Å². The maximum absolute atomic E-state index is 12.3. The summed E-state index contributed by atoms with van der Waals surface area (Å²) in [6.07, 6.45) is 0. The summed E-state index contributed by atoms with van der Waals surface area (Å²) in [5.41, 5.74) is 9.36. The number of hydrogen-bond donors (Lipinski definition) is 3. The molecule has 3 aromatic rings. The van der Waals surface area contributed by atoms with E-state index in [2.05, 4.69) is 10.3 Å². The number of nitrogens with two attached hydrogens (primary N) is 1. The van der Waals surface area contributed by atoms with E-state index >= 15 is 0 Å². The number of nitrogens with one attached hydrogen (secondary N) is 2. The van der Waals surface area contributed by atoms with E-state index in [9.17, 15) is 4.79 Å². The van der Waals surface area contributed by atoms with Gasteiger partial charge in [-0.1, -0.05) is 17.7 Å². The van der Waals surface area contributed by atoms with Gasteiger partial charge < -0.3 is 16.0 Å². The number of benzene rings is 2. The summed E-state index contributed by atoms with van der Waals surface area (Å²) < 4.78 is 0. The molecule has 0 aliphatic rings. The van der Waals surface area contributed by atoms with Gasteiger partial charge in [-0.2, -0.15) is 0 Å². The van der Waals surface area contributed by atoms with Gasteiger partial charge in [-0.3, -0.25) is 4.79 Å². The number of anilines is 2. The first-order valence-corrected chi connectivity index (χ1v) is 6.86. The van der Waals surface area contributed by atoms with Gasteiger partial charge in [-0.15, -0.1) is 0 Å². The Bertz CT molecular complexity index is 839. The van der Waals surface area contributed by atoms with Gasteiger partial charge in [-0.05, 0) is 48.9 Å². The molecular weight excluding hydrogens is 286 g/mol. The number of aromatic nitrogens is 1. The summed E-state index contributed by atoms with van der Waals surface area (Å²) in [6, 6.07) is 12.7. The van der Waals surface area contributed by atoms with Gasteiger partial charge in [0.2, 0.25) is 0 Å². The minimum Gasteiger partial charge on any atom is -0.399 e. The van der Waals surface area contributed by atoms with Gasteiger partial charge in [-0.25, -0.2) is 0 Å². The molecule has 0 atom stereocenters. The summed E-state index contributed by atoms with van der Waals surface area (Å²) in [4.78, 5) is 15.4. The highest BCUT2D eigenvalue weighted by atomic mass is 35.5. The Balaban J connectivity index is 1.91. The zero-order chi connectivity index (χ0) is 15.0. The zero-order valence-electron chi connectivity index (χ0n) is 11.4. The van der Waals surface area contributed by atoms with Crippen LogP contribution in [0, 0.1) is 6.92 Å². The molecule has 0 spiro atoms. The van der Waals surface area contributed by atoms with Crippen LogP contribution in [0.3, 0.4) is 0 Å². The standard InChI is InChI=1S/C16H14ClN3O/c1-9-2-4-12(17)14(6-9)20-16(21)15-8-10-7-11(18)3-5-13(10)19-15/h2-8,19H,18H2,1H3,(H,20,21). The molecule has 5 heteroatoms. The van der Waals surface area contributed by atoms with E-state index < -0.39 is 0 Å². The summed E-state index contributed by atoms with van der Waals surface area (Å²) in [5.74, 6) is -0.239. The van der Waals surface area contributed by atoms with Gasteiger partial charge in [0.15, 0.2) is 0 Å². The summed E-state index contributed by atoms with van der Waals surface area (Å²) in [7, 11) is 0. The average Bonchev–Trinajstić information content (AvgIpc) is 2.86. The molecular formula is C16H14ClN3O. The van der Waals surface area contributed by atoms with Crippen LogP contribution in [0.5, 0.6) is 0 Å². The summed E-state index contributed by atoms with van der Waals surface area (Å²) >= 11 is 6.09. The van der Waals surface area contributed by atoms with Gasteiger partial charge >= 0.3 is 0 Å². The molecule has 0 bridgehead atoms. The maximum Gasteiger partial charge on any atom is 0.272 e. The minimum absolute atomic E-state index is 0.239. The maximum atomic E-state index is 12.3. The van der Waals surface area contributed by atoms with Crippen LogP contribution >= 0.6 is 11.6 Å². The highest BCUT2D eigenvalue weighted by Crippen LogP contribution is 2.24. The third-order valence-corrected chi connectivity index (χ3v) is 3.59. The number of halogens is 1. The van der Waals surface area contributed by atoms with E-state index in [4.69, 9.17) is 17.3 Å². The van der Waals surface area contributed by atoms with Gasteiger partial charge in [0.05, 0.1) is 10.7 Å². The molecule has 0 radical (unpaired) electrons. The van der Waals surface area contributed by atoms with Crippen LogP contribution in [0.1, 0.15) is 16.1 Å². The normalized spacial score (nSPS) is 10.8. The van der Waals surface area contributed by atoms with E-state index in [-0.39, 0.29) is 5.91 Å². The first-order valence-electron chi connectivity index (χ1n) is 6.49. The lowest BCUT2D eigenvalue weighted by molar-refractivity contribution is 0.102. The number of rotatable bonds is 2. The number of aromatic amines is 1. The van der Waals surface area contributed by atoms with Gasteiger partial charge in [0, 0.05) is 16.6 Å². The number of amides is 1. The fourth-order valence-electron chi connectivity index (χ4n) is 2.20. The van der Waals surface area contributed by atoms with Crippen molar-refractivity contribution in [3.63, 3.8) is 0 Å². The fourth-order valence-corrected chi connectivity index (χ4v) is 2.36. The second kappa shape index (κ2) is 5.14. The third-order valence-electron chi connectivity index (χ3n) is 3.26. The van der Waals surface area contributed by atoms with Crippen molar-refractivity contribution in [2.75, 3.05) is 11.1 Å². The highest BCUT2D eigenvalue weighted by Gasteiger charge is 2.11. The molecule has 1 heterocycles. The van der Waals surface area contributed by atoms with Crippen LogP contribution < -0.4 is 11.1 Å². The first-order chi connectivity index (χ1) is 10.0. The van der Waals surface area contributed by atoms with Gasteiger partial charge in [0.25, 0.3) is 5.91 Å². The molecule has 0 aliphatic heterocycles. The lowest BCUT2D eigenvalue weighted by Gasteiger charge is -2.07. The molecule has 0 saturated carbocycles. The quantitative estimate of drug-likeness (QED) is 0.627. The predicted octanol–water partition coefficient (Wildman–Crippen LogP) is 3.96. The van der Waals surface area contributed by atoms with E-state index in [0.29, 0.717) is 22.1 Å². The molecule has 1 amide bonds. The number of nitrogen functional groups attached to an aromatic ring is 1. The average molecular weight is 300 g/mol. The Morgan fingerprint density at radius 3 is 2.81 bits per heavy atom. The van der Waals surface area contributed by atoms with Crippen LogP contribution in [0.25, 0.3) is 10.9 Å². The Hall–Kier alpha value is -2.46. The third kappa shape index (κ3) is 2.71. The van der Waals surface area contributed by atoms with Crippen LogP contribution in [-0.2, 0) is 0 Å². The number of carbonyl (C=O) groups excluding carboxylic acids is 1. The van der Waals surface area contributed by atoms with Crippen LogP contribution in [0.2, 0.25) is 5.02 Å². The molecule has 3 rings (SSSR count). The number of aryl methyl sites for hydroxylation is 1. The molecule has 2 aromatic carbocycles. The van der Waals surface area contributed by atoms with Crippen molar-refractivity contribution in [1.82, 2.24) is 4.98 Å². The SMILES string of the molecule is Cc1ccc(Cl)c(NC(=O)c2cc3cc(N)ccc3[nH]2)c1. The largest absolute Gasteiger partial charge is 0.399 e. The van der Waals surface area contributed by atoms with Gasteiger partial charge in [0.1, 0.15) is 5.69 Å². The number of H-pyrrole nitrogens is 1. The van der Waals surface area contributed by atoms with Crippen molar-refractivity contribution in [1.29, 1.82) is 0 Å². The van der Waals surface area contributed by atoms with Crippen molar-refractivity contribution < 1.29 is 4.79 Å². The fraction of sp³-hybridized carbons (Fsp3) is 0.0625. The van der Waals surface area contributed by atoms with Crippen LogP contribution in [-0.4, -0.2) is 10.9 Å². The van der Waals surface area contributed by atoms with Crippen LogP contribution in [0.4, 0.5) is 11.4 Å². The Morgan fingerprint density at radius 2 is 2.00 bits per heavy atom. The minimum atomic E-state index is -0.239. The summed E-state index contributed by atoms with van der Waals surface area (Å²) in [5, 5.41) is 4.22. The van der Waals surface area contributed by atoms with Crippen molar-refractivity contribution in [2.45, 2.75) is 6.92 Å². The number of carbonyl (C=O) groups is 1. The second-order valence-electron chi connectivity index (χ2n) is 4.97. The zero-order valence-corrected chi connectivity index (χ0v) is 12.2. The molecule has 4 nitrogen and oxygen atoms in total. The Kier molecular flexibility index (Phi) is 3.31. The molecule has 0 saturated heterocycles. The van der Waals surface area contributed by atoms with Crippen molar-refractivity contribution in [2.24, 2.45) is 0 Å². The highest BCUT2D eigenvalue weighted by molar-refractivity contribution is 6.34. The van der Waals surface area contributed by atoms with E-state index in [1.807, 2.05) is 31.2 Å². The van der Waals surface area contributed by atoms with Crippen molar-refractivity contribution in [3.05, 3.63) is 58.7 Å². The van der Waals surface area contributed by atoms with E-state index in [1.165, 1.54) is 0 Å². The summed E-state index contributed by atoms with van der Waals surface area (Å²) in [6.45, 7) is 1.94. The van der Waals surface area contributed by atoms with E-state index in [1.54, 1.807) is 18.2 Å². The van der Waals surface area contributed by atoms with Crippen molar-refractivity contribution >= 4 is 39.8 Å². The van der Waals surface area contributed by atoms with E-state index in [0.717, 1.165) is 16.5 Å². The lowest BCUT2D eigenvalue weighted by atomic mass is 10.2. The van der Waals surface area contributed by atoms with Crippen molar-refractivity contribution in [3.8, 4) is 0 Å². The van der Waals surface area contributed by atoms with Crippen LogP contribution in [0.15, 0.2) is 42.5 Å². The molecule has 106 valence electrons. The lowest BCUT2D eigenvalue weighted by Crippen LogP contribution is -2.12. The molecule has 0 fully saturated rings.